The van der Waals surface area contributed by atoms with Crippen LogP contribution in [0.15, 0.2) is 36.4 Å². The van der Waals surface area contributed by atoms with E-state index in [1.807, 2.05) is 24.3 Å². The molecule has 0 saturated carbocycles. The first-order valence-electron chi connectivity index (χ1n) is 12.5. The molecule has 3 fully saturated rings. The number of rotatable bonds is 8. The lowest BCUT2D eigenvalue weighted by Crippen LogP contribution is -2.60. The molecule has 3 heterocycles. The molecule has 0 aromatic heterocycles. The summed E-state index contributed by atoms with van der Waals surface area (Å²) in [6, 6.07) is 11.1. The van der Waals surface area contributed by atoms with Crippen molar-refractivity contribution in [1.29, 1.82) is 0 Å². The van der Waals surface area contributed by atoms with Crippen molar-refractivity contribution in [3.05, 3.63) is 47.5 Å². The molecule has 38 heavy (non-hydrogen) atoms. The summed E-state index contributed by atoms with van der Waals surface area (Å²) in [7, 11) is 4.69. The van der Waals surface area contributed by atoms with Crippen LogP contribution in [-0.2, 0) is 14.2 Å². The second-order valence-corrected chi connectivity index (χ2v) is 9.68. The molecule has 2 aromatic rings. The van der Waals surface area contributed by atoms with Crippen molar-refractivity contribution in [2.75, 3.05) is 41.2 Å². The molecule has 3 saturated heterocycles. The third-order valence-corrected chi connectivity index (χ3v) is 7.61. The molecule has 11 nitrogen and oxygen atoms in total. The minimum Gasteiger partial charge on any atom is -0.493 e. The van der Waals surface area contributed by atoms with Crippen molar-refractivity contribution < 1.29 is 53.6 Å². The zero-order chi connectivity index (χ0) is 27.0. The second-order valence-electron chi connectivity index (χ2n) is 9.68. The van der Waals surface area contributed by atoms with Crippen molar-refractivity contribution in [3.8, 4) is 23.0 Å². The maximum atomic E-state index is 10.3. The van der Waals surface area contributed by atoms with Gasteiger partial charge in [-0.3, -0.25) is 0 Å². The van der Waals surface area contributed by atoms with E-state index in [1.165, 1.54) is 7.11 Å². The Kier molecular flexibility index (Phi) is 7.96. The normalized spacial score (nSPS) is 34.6. The fourth-order valence-corrected chi connectivity index (χ4v) is 5.51. The molecule has 3 aliphatic rings. The lowest BCUT2D eigenvalue weighted by atomic mass is 9.85. The van der Waals surface area contributed by atoms with Gasteiger partial charge in [-0.1, -0.05) is 12.1 Å². The summed E-state index contributed by atoms with van der Waals surface area (Å²) in [4.78, 5) is 0. The first-order chi connectivity index (χ1) is 18.4. The Hall–Kier alpha value is -2.64. The van der Waals surface area contributed by atoms with Crippen LogP contribution in [0.1, 0.15) is 23.3 Å². The molecule has 4 N–H and O–H groups in total. The number of ether oxygens (including phenoxy) is 7. The van der Waals surface area contributed by atoms with E-state index in [1.54, 1.807) is 26.4 Å². The van der Waals surface area contributed by atoms with Crippen LogP contribution in [0.3, 0.4) is 0 Å². The molecule has 11 heteroatoms. The Morgan fingerprint density at radius 1 is 0.711 bits per heavy atom. The molecule has 5 rings (SSSR count). The van der Waals surface area contributed by atoms with Crippen LogP contribution in [0.5, 0.6) is 23.0 Å². The van der Waals surface area contributed by atoms with E-state index in [2.05, 4.69) is 0 Å². The van der Waals surface area contributed by atoms with Gasteiger partial charge >= 0.3 is 0 Å². The van der Waals surface area contributed by atoms with Gasteiger partial charge in [-0.25, -0.2) is 0 Å². The lowest BCUT2D eigenvalue weighted by Gasteiger charge is -2.39. The van der Waals surface area contributed by atoms with E-state index < -0.39 is 37.3 Å². The van der Waals surface area contributed by atoms with Crippen LogP contribution in [0.25, 0.3) is 0 Å². The van der Waals surface area contributed by atoms with E-state index in [-0.39, 0.29) is 29.8 Å². The van der Waals surface area contributed by atoms with Gasteiger partial charge in [0.2, 0.25) is 6.29 Å². The van der Waals surface area contributed by atoms with Gasteiger partial charge in [0.05, 0.1) is 53.4 Å². The highest BCUT2D eigenvalue weighted by molar-refractivity contribution is 5.45. The first-order valence-corrected chi connectivity index (χ1v) is 12.5. The van der Waals surface area contributed by atoms with Crippen molar-refractivity contribution in [3.63, 3.8) is 0 Å². The van der Waals surface area contributed by atoms with Crippen LogP contribution in [0.4, 0.5) is 0 Å². The smallest absolute Gasteiger partial charge is 0.229 e. The van der Waals surface area contributed by atoms with Gasteiger partial charge in [-0.2, -0.15) is 0 Å². The maximum Gasteiger partial charge on any atom is 0.229 e. The lowest BCUT2D eigenvalue weighted by molar-refractivity contribution is -0.277. The SMILES string of the molecule is COc1ccc([C@H]2OC[C@H]3[C@@H]2CO[C@H]3c2ccc(O[C@@H]3O[C@@H](CO)[C@@H](O)[C@@H](O)[C@@H]3O)c(OC)c2)cc1OC. The third kappa shape index (κ3) is 4.79. The van der Waals surface area contributed by atoms with E-state index in [0.717, 1.165) is 11.1 Å². The monoisotopic (exact) mass is 534 g/mol. The first kappa shape index (κ1) is 26.9. The molecule has 3 aliphatic heterocycles. The molecule has 208 valence electrons. The largest absolute Gasteiger partial charge is 0.493 e. The summed E-state index contributed by atoms with van der Waals surface area (Å²) in [5.74, 6) is 2.21. The zero-order valence-electron chi connectivity index (χ0n) is 21.4. The van der Waals surface area contributed by atoms with Gasteiger partial charge in [-0.05, 0) is 35.4 Å². The van der Waals surface area contributed by atoms with Crippen molar-refractivity contribution in [2.45, 2.75) is 42.9 Å². The number of fused-ring (bicyclic) bond motifs is 1. The molecule has 0 radical (unpaired) electrons. The van der Waals surface area contributed by atoms with Gasteiger partial charge in [0, 0.05) is 11.8 Å². The topological polar surface area (TPSA) is 146 Å². The molecular formula is C27H34O11. The summed E-state index contributed by atoms with van der Waals surface area (Å²) in [6.07, 6.45) is -7.29. The van der Waals surface area contributed by atoms with Crippen LogP contribution in [0, 0.1) is 11.8 Å². The number of hydrogen-bond acceptors (Lipinski definition) is 11. The quantitative estimate of drug-likeness (QED) is 0.384. The summed E-state index contributed by atoms with van der Waals surface area (Å²) >= 11 is 0. The highest BCUT2D eigenvalue weighted by atomic mass is 16.7. The Bertz CT molecular complexity index is 1110. The van der Waals surface area contributed by atoms with E-state index in [4.69, 9.17) is 33.2 Å². The predicted octanol–water partition coefficient (Wildman–Crippen LogP) is 0.966. The number of hydrogen-bond donors (Lipinski definition) is 4. The van der Waals surface area contributed by atoms with Gasteiger partial charge in [0.15, 0.2) is 23.0 Å². The number of methoxy groups -OCH3 is 3. The van der Waals surface area contributed by atoms with Gasteiger partial charge < -0.3 is 53.6 Å². The fraction of sp³-hybridized carbons (Fsp3) is 0.556. The summed E-state index contributed by atoms with van der Waals surface area (Å²) in [5, 5.41) is 39.8. The summed E-state index contributed by atoms with van der Waals surface area (Å²) in [6.45, 7) is 0.508. The van der Waals surface area contributed by atoms with E-state index >= 15 is 0 Å². The molecule has 0 amide bonds. The fourth-order valence-electron chi connectivity index (χ4n) is 5.51. The third-order valence-electron chi connectivity index (χ3n) is 7.61. The van der Waals surface area contributed by atoms with E-state index in [9.17, 15) is 20.4 Å². The van der Waals surface area contributed by atoms with E-state index in [0.29, 0.717) is 30.5 Å². The predicted molar refractivity (Wildman–Crippen MR) is 131 cm³/mol. The average molecular weight is 535 g/mol. The highest BCUT2D eigenvalue weighted by Gasteiger charge is 2.49. The molecule has 2 aromatic carbocycles. The standard InChI is InChI=1S/C27H34O11/c1-32-17-6-4-13(8-19(17)33-2)25-15-11-36-26(16(15)12-35-25)14-5-7-18(20(9-14)34-3)37-27-24(31)23(30)22(29)21(10-28)38-27/h4-9,15-16,21-31H,10-12H2,1-3H3/t15-,16-,21-,22+,23+,24-,25+,26-,27+/m0/s1. The zero-order valence-corrected chi connectivity index (χ0v) is 21.4. The van der Waals surface area contributed by atoms with Crippen molar-refractivity contribution in [2.24, 2.45) is 11.8 Å². The Morgan fingerprint density at radius 3 is 1.76 bits per heavy atom. The van der Waals surface area contributed by atoms with Crippen molar-refractivity contribution >= 4 is 0 Å². The van der Waals surface area contributed by atoms with Gasteiger partial charge in [-0.15, -0.1) is 0 Å². The Balaban J connectivity index is 1.31. The average Bonchev–Trinajstić information content (AvgIpc) is 3.55. The minimum absolute atomic E-state index is 0.120. The minimum atomic E-state index is -1.54. The molecule has 0 aliphatic carbocycles. The van der Waals surface area contributed by atoms with Crippen LogP contribution >= 0.6 is 0 Å². The molecule has 0 unspecified atom stereocenters. The van der Waals surface area contributed by atoms with Crippen molar-refractivity contribution in [1.82, 2.24) is 0 Å². The summed E-state index contributed by atoms with van der Waals surface area (Å²) in [5.41, 5.74) is 1.88. The maximum absolute atomic E-state index is 10.3. The molecule has 0 spiro atoms. The number of benzene rings is 2. The molecular weight excluding hydrogens is 500 g/mol. The Morgan fingerprint density at radius 2 is 1.24 bits per heavy atom. The van der Waals surface area contributed by atoms with Gasteiger partial charge in [0.1, 0.15) is 24.4 Å². The van der Waals surface area contributed by atoms with Crippen LogP contribution in [-0.4, -0.2) is 92.3 Å². The second kappa shape index (κ2) is 11.2. The summed E-state index contributed by atoms with van der Waals surface area (Å²) < 4.78 is 40.1. The van der Waals surface area contributed by atoms with Crippen LogP contribution in [0.2, 0.25) is 0 Å². The number of aliphatic hydroxyl groups is 4. The molecule has 9 atom stereocenters. The highest BCUT2D eigenvalue weighted by Crippen LogP contribution is 2.51. The van der Waals surface area contributed by atoms with Crippen LogP contribution < -0.4 is 18.9 Å². The molecule has 0 bridgehead atoms. The number of aliphatic hydroxyl groups excluding tert-OH is 4. The van der Waals surface area contributed by atoms with Gasteiger partial charge in [0.25, 0.3) is 0 Å². The Labute approximate surface area is 220 Å².